The highest BCUT2D eigenvalue weighted by Gasteiger charge is 2.32. The van der Waals surface area contributed by atoms with Crippen LogP contribution in [0.1, 0.15) is 0 Å². The smallest absolute Gasteiger partial charge is 0.504 e. The number of nitrogens with two attached hydrogens (primary N) is 1. The molecule has 0 fully saturated rings. The number of benzene rings is 1. The van der Waals surface area contributed by atoms with Crippen molar-refractivity contribution in [1.82, 2.24) is 0 Å². The molecule has 0 aliphatic rings. The standard InChI is InChI=1S/C7H6F3NO4S/c8-7(9,10)15-6-3-4(16(11,13)14)1-2-5(6)12/h1-3,12H,(H2,11,13,14). The third-order valence-corrected chi connectivity index (χ3v) is 2.40. The van der Waals surface area contributed by atoms with Gasteiger partial charge < -0.3 is 9.84 Å². The molecule has 0 saturated carbocycles. The van der Waals surface area contributed by atoms with Gasteiger partial charge >= 0.3 is 6.36 Å². The summed E-state index contributed by atoms with van der Waals surface area (Å²) in [6, 6.07) is 2.08. The molecular weight excluding hydrogens is 251 g/mol. The lowest BCUT2D eigenvalue weighted by atomic mass is 10.3. The molecule has 90 valence electrons. The number of aromatic hydroxyl groups is 1. The second-order valence-electron chi connectivity index (χ2n) is 2.72. The van der Waals surface area contributed by atoms with Crippen LogP contribution in [-0.4, -0.2) is 19.9 Å². The summed E-state index contributed by atoms with van der Waals surface area (Å²) in [4.78, 5) is -0.593. The second-order valence-corrected chi connectivity index (χ2v) is 4.28. The third kappa shape index (κ3) is 3.28. The van der Waals surface area contributed by atoms with Gasteiger partial charge in [-0.2, -0.15) is 0 Å². The van der Waals surface area contributed by atoms with Gasteiger partial charge in [-0.15, -0.1) is 13.2 Å². The molecule has 3 N–H and O–H groups in total. The van der Waals surface area contributed by atoms with Crippen LogP contribution in [0.3, 0.4) is 0 Å². The number of phenolic OH excluding ortho intramolecular Hbond substituents is 1. The van der Waals surface area contributed by atoms with Crippen LogP contribution in [0.5, 0.6) is 11.5 Å². The molecule has 0 saturated heterocycles. The predicted molar refractivity (Wildman–Crippen MR) is 46.2 cm³/mol. The summed E-state index contributed by atoms with van der Waals surface area (Å²) in [5.41, 5.74) is 0. The highest BCUT2D eigenvalue weighted by Crippen LogP contribution is 2.32. The zero-order valence-electron chi connectivity index (χ0n) is 7.52. The van der Waals surface area contributed by atoms with E-state index >= 15 is 0 Å². The van der Waals surface area contributed by atoms with Crippen LogP contribution in [0.25, 0.3) is 0 Å². The zero-order chi connectivity index (χ0) is 12.6. The summed E-state index contributed by atoms with van der Waals surface area (Å²) >= 11 is 0. The van der Waals surface area contributed by atoms with Gasteiger partial charge in [0.25, 0.3) is 0 Å². The van der Waals surface area contributed by atoms with Gasteiger partial charge in [-0.25, -0.2) is 13.6 Å². The number of alkyl halides is 3. The van der Waals surface area contributed by atoms with Gasteiger partial charge in [-0.1, -0.05) is 0 Å². The molecule has 0 aromatic heterocycles. The molecule has 1 aromatic carbocycles. The molecule has 9 heteroatoms. The number of halogens is 3. The van der Waals surface area contributed by atoms with Gasteiger partial charge in [0.15, 0.2) is 11.5 Å². The lowest BCUT2D eigenvalue weighted by Gasteiger charge is -2.10. The Morgan fingerprint density at radius 1 is 1.31 bits per heavy atom. The van der Waals surface area contributed by atoms with E-state index in [4.69, 9.17) is 10.2 Å². The molecule has 1 aromatic rings. The molecule has 1 rings (SSSR count). The Morgan fingerprint density at radius 3 is 2.31 bits per heavy atom. The summed E-state index contributed by atoms with van der Waals surface area (Å²) in [6.45, 7) is 0. The zero-order valence-corrected chi connectivity index (χ0v) is 8.34. The molecule has 0 heterocycles. The van der Waals surface area contributed by atoms with E-state index in [2.05, 4.69) is 4.74 Å². The molecule has 5 nitrogen and oxygen atoms in total. The van der Waals surface area contributed by atoms with E-state index in [0.717, 1.165) is 12.1 Å². The SMILES string of the molecule is NS(=O)(=O)c1ccc(O)c(OC(F)(F)F)c1. The highest BCUT2D eigenvalue weighted by atomic mass is 32.2. The van der Waals surface area contributed by atoms with Crippen molar-refractivity contribution in [3.8, 4) is 11.5 Å². The van der Waals surface area contributed by atoms with Crippen LogP contribution >= 0.6 is 0 Å². The number of rotatable bonds is 2. The topological polar surface area (TPSA) is 89.6 Å². The van der Waals surface area contributed by atoms with E-state index < -0.39 is 32.8 Å². The molecule has 0 bridgehead atoms. The van der Waals surface area contributed by atoms with Crippen molar-refractivity contribution in [2.24, 2.45) is 5.14 Å². The normalized spacial score (nSPS) is 12.5. The Kier molecular flexibility index (Phi) is 3.01. The molecule has 0 radical (unpaired) electrons. The number of hydrogen-bond donors (Lipinski definition) is 2. The van der Waals surface area contributed by atoms with Crippen LogP contribution in [0.15, 0.2) is 23.1 Å². The van der Waals surface area contributed by atoms with Crippen LogP contribution in [-0.2, 0) is 10.0 Å². The molecule has 0 aliphatic carbocycles. The van der Waals surface area contributed by atoms with Gasteiger partial charge in [0.1, 0.15) is 0 Å². The minimum Gasteiger partial charge on any atom is -0.504 e. The van der Waals surface area contributed by atoms with Crippen LogP contribution in [0.4, 0.5) is 13.2 Å². The van der Waals surface area contributed by atoms with Crippen molar-refractivity contribution in [3.05, 3.63) is 18.2 Å². The fourth-order valence-corrected chi connectivity index (χ4v) is 1.41. The van der Waals surface area contributed by atoms with Crippen LogP contribution in [0, 0.1) is 0 Å². The van der Waals surface area contributed by atoms with Crippen molar-refractivity contribution < 1.29 is 31.4 Å². The summed E-state index contributed by atoms with van der Waals surface area (Å²) in [5, 5.41) is 13.7. The number of sulfonamides is 1. The van der Waals surface area contributed by atoms with Crippen molar-refractivity contribution >= 4 is 10.0 Å². The van der Waals surface area contributed by atoms with Gasteiger partial charge in [-0.3, -0.25) is 0 Å². The number of ether oxygens (including phenoxy) is 1. The Labute approximate surface area is 88.3 Å². The van der Waals surface area contributed by atoms with Crippen molar-refractivity contribution in [1.29, 1.82) is 0 Å². The monoisotopic (exact) mass is 257 g/mol. The molecule has 0 spiro atoms. The Hall–Kier alpha value is -1.48. The van der Waals surface area contributed by atoms with E-state index in [1.165, 1.54) is 0 Å². The first kappa shape index (κ1) is 12.6. The van der Waals surface area contributed by atoms with Crippen LogP contribution < -0.4 is 9.88 Å². The maximum Gasteiger partial charge on any atom is 0.573 e. The molecular formula is C7H6F3NO4S. The minimum atomic E-state index is -5.03. The van der Waals surface area contributed by atoms with Gasteiger partial charge in [0, 0.05) is 6.07 Å². The average molecular weight is 257 g/mol. The Balaban J connectivity index is 3.20. The molecule has 16 heavy (non-hydrogen) atoms. The minimum absolute atomic E-state index is 0.484. The largest absolute Gasteiger partial charge is 0.573 e. The lowest BCUT2D eigenvalue weighted by molar-refractivity contribution is -0.275. The van der Waals surface area contributed by atoms with Gasteiger partial charge in [0.2, 0.25) is 10.0 Å². The predicted octanol–water partition coefficient (Wildman–Crippen LogP) is 0.938. The maximum atomic E-state index is 11.8. The van der Waals surface area contributed by atoms with E-state index in [9.17, 15) is 21.6 Å². The Morgan fingerprint density at radius 2 is 1.88 bits per heavy atom. The fraction of sp³-hybridized carbons (Fsp3) is 0.143. The first-order valence-electron chi connectivity index (χ1n) is 3.71. The molecule has 0 aliphatic heterocycles. The first-order chi connectivity index (χ1) is 7.09. The van der Waals surface area contributed by atoms with E-state index in [1.807, 2.05) is 0 Å². The summed E-state index contributed by atoms with van der Waals surface area (Å²) < 4.78 is 60.5. The lowest BCUT2D eigenvalue weighted by Crippen LogP contribution is -2.18. The van der Waals surface area contributed by atoms with Gasteiger partial charge in [0.05, 0.1) is 4.90 Å². The van der Waals surface area contributed by atoms with E-state index in [-0.39, 0.29) is 0 Å². The highest BCUT2D eigenvalue weighted by molar-refractivity contribution is 7.89. The van der Waals surface area contributed by atoms with E-state index in [1.54, 1.807) is 0 Å². The molecule has 0 atom stereocenters. The quantitative estimate of drug-likeness (QED) is 0.825. The first-order valence-corrected chi connectivity index (χ1v) is 5.26. The second kappa shape index (κ2) is 3.83. The van der Waals surface area contributed by atoms with Crippen molar-refractivity contribution in [3.63, 3.8) is 0 Å². The van der Waals surface area contributed by atoms with E-state index in [0.29, 0.717) is 6.07 Å². The summed E-state index contributed by atoms with van der Waals surface area (Å²) in [6.07, 6.45) is -5.03. The number of primary sulfonamides is 1. The molecule has 0 unspecified atom stereocenters. The van der Waals surface area contributed by atoms with Crippen molar-refractivity contribution in [2.45, 2.75) is 11.3 Å². The fourth-order valence-electron chi connectivity index (χ4n) is 0.878. The maximum absolute atomic E-state index is 11.8. The number of phenols is 1. The molecule has 0 amide bonds. The van der Waals surface area contributed by atoms with Gasteiger partial charge in [-0.05, 0) is 12.1 Å². The number of hydrogen-bond acceptors (Lipinski definition) is 4. The summed E-state index contributed by atoms with van der Waals surface area (Å²) in [5.74, 6) is -1.87. The summed E-state index contributed by atoms with van der Waals surface area (Å²) in [7, 11) is -4.16. The average Bonchev–Trinajstić information content (AvgIpc) is 2.04. The van der Waals surface area contributed by atoms with Crippen molar-refractivity contribution in [2.75, 3.05) is 0 Å². The third-order valence-electron chi connectivity index (χ3n) is 1.49. The van der Waals surface area contributed by atoms with Crippen LogP contribution in [0.2, 0.25) is 0 Å². The Bertz CT molecular complexity index is 497.